The van der Waals surface area contributed by atoms with Crippen molar-refractivity contribution in [3.05, 3.63) is 34.4 Å². The van der Waals surface area contributed by atoms with Gasteiger partial charge in [0, 0.05) is 6.04 Å². The average Bonchev–Trinajstić information content (AvgIpc) is 2.61. The van der Waals surface area contributed by atoms with Gasteiger partial charge in [-0.15, -0.1) is 0 Å². The van der Waals surface area contributed by atoms with E-state index in [0.29, 0.717) is 12.1 Å². The Bertz CT molecular complexity index is 778. The van der Waals surface area contributed by atoms with Crippen molar-refractivity contribution in [3.63, 3.8) is 0 Å². The van der Waals surface area contributed by atoms with Crippen molar-refractivity contribution in [2.45, 2.75) is 51.5 Å². The van der Waals surface area contributed by atoms with E-state index in [-0.39, 0.29) is 22.0 Å². The Labute approximate surface area is 168 Å². The number of benzene rings is 1. The molecule has 1 aromatic carbocycles. The lowest BCUT2D eigenvalue weighted by Gasteiger charge is -2.59. The molecule has 1 aromatic rings. The van der Waals surface area contributed by atoms with Crippen LogP contribution in [0.4, 0.5) is 8.78 Å². The molecule has 4 fully saturated rings. The third-order valence-electron chi connectivity index (χ3n) is 6.95. The van der Waals surface area contributed by atoms with Crippen LogP contribution in [0.2, 0.25) is 5.02 Å². The molecule has 0 radical (unpaired) electrons. The van der Waals surface area contributed by atoms with Crippen molar-refractivity contribution in [2.75, 3.05) is 6.61 Å². The molecule has 0 saturated heterocycles. The van der Waals surface area contributed by atoms with E-state index in [9.17, 15) is 18.4 Å². The Kier molecular flexibility index (Phi) is 5.10. The molecule has 4 bridgehead atoms. The maximum Gasteiger partial charge on any atom is 0.340 e. The van der Waals surface area contributed by atoms with Crippen LogP contribution in [0.25, 0.3) is 0 Å². The molecule has 1 atom stereocenters. The highest BCUT2D eigenvalue weighted by atomic mass is 35.5. The van der Waals surface area contributed by atoms with Gasteiger partial charge in [-0.25, -0.2) is 13.6 Å². The second-order valence-corrected chi connectivity index (χ2v) is 9.30. The SMILES string of the molecule is CC(NC(=O)COC(=O)c1cc(F)c(F)cc1Cl)C12CC3CC(CC(C3)C1)C2. The van der Waals surface area contributed by atoms with Gasteiger partial charge in [0.15, 0.2) is 18.2 Å². The summed E-state index contributed by atoms with van der Waals surface area (Å²) in [7, 11) is 0. The monoisotopic (exact) mass is 411 g/mol. The molecule has 4 aliphatic rings. The molecule has 0 aromatic heterocycles. The van der Waals surface area contributed by atoms with E-state index in [0.717, 1.165) is 37.0 Å². The first-order valence-electron chi connectivity index (χ1n) is 9.87. The highest BCUT2D eigenvalue weighted by Gasteiger charge is 2.53. The van der Waals surface area contributed by atoms with Crippen molar-refractivity contribution < 1.29 is 23.1 Å². The second-order valence-electron chi connectivity index (χ2n) is 8.89. The molecular formula is C21H24ClF2NO3. The summed E-state index contributed by atoms with van der Waals surface area (Å²) in [4.78, 5) is 24.4. The molecule has 1 amide bonds. The van der Waals surface area contributed by atoms with Crippen molar-refractivity contribution in [2.24, 2.45) is 23.2 Å². The Hall–Kier alpha value is -1.69. The van der Waals surface area contributed by atoms with E-state index in [4.69, 9.17) is 16.3 Å². The first kappa shape index (κ1) is 19.6. The van der Waals surface area contributed by atoms with Crippen LogP contribution in [0.15, 0.2) is 12.1 Å². The summed E-state index contributed by atoms with van der Waals surface area (Å²) in [6.45, 7) is 1.56. The summed E-state index contributed by atoms with van der Waals surface area (Å²) < 4.78 is 31.4. The fourth-order valence-corrected chi connectivity index (χ4v) is 6.26. The molecule has 4 saturated carbocycles. The number of ether oxygens (including phenoxy) is 1. The maximum absolute atomic E-state index is 13.3. The standard InChI is InChI=1S/C21H24ClF2NO3/c1-11(21-7-12-2-13(8-21)4-14(3-12)9-21)25-19(26)10-28-20(27)15-5-17(23)18(24)6-16(15)22/h5-6,11-14H,2-4,7-10H2,1H3,(H,25,26). The van der Waals surface area contributed by atoms with E-state index in [2.05, 4.69) is 5.32 Å². The predicted octanol–water partition coefficient (Wildman–Crippen LogP) is 4.50. The Morgan fingerprint density at radius 1 is 1.14 bits per heavy atom. The number of rotatable bonds is 5. The van der Waals surface area contributed by atoms with E-state index in [1.807, 2.05) is 6.92 Å². The molecule has 0 spiro atoms. The molecule has 1 N–H and O–H groups in total. The molecule has 1 unspecified atom stereocenters. The van der Waals surface area contributed by atoms with Crippen LogP contribution < -0.4 is 5.32 Å². The minimum atomic E-state index is -1.20. The number of hydrogen-bond acceptors (Lipinski definition) is 3. The third kappa shape index (κ3) is 3.63. The number of carbonyl (C=O) groups excluding carboxylic acids is 2. The van der Waals surface area contributed by atoms with Gasteiger partial charge >= 0.3 is 5.97 Å². The molecule has 152 valence electrons. The maximum atomic E-state index is 13.3. The van der Waals surface area contributed by atoms with Crippen LogP contribution in [0.3, 0.4) is 0 Å². The zero-order valence-corrected chi connectivity index (χ0v) is 16.5. The summed E-state index contributed by atoms with van der Waals surface area (Å²) in [6.07, 6.45) is 7.45. The van der Waals surface area contributed by atoms with Gasteiger partial charge in [-0.05, 0) is 80.8 Å². The molecule has 4 aliphatic carbocycles. The van der Waals surface area contributed by atoms with Crippen LogP contribution in [0.5, 0.6) is 0 Å². The van der Waals surface area contributed by atoms with Gasteiger partial charge in [0.05, 0.1) is 10.6 Å². The zero-order chi connectivity index (χ0) is 20.1. The van der Waals surface area contributed by atoms with E-state index < -0.39 is 30.1 Å². The third-order valence-corrected chi connectivity index (χ3v) is 7.26. The Balaban J connectivity index is 1.33. The lowest BCUT2D eigenvalue weighted by Crippen LogP contribution is -2.56. The van der Waals surface area contributed by atoms with Gasteiger partial charge in [0.1, 0.15) is 0 Å². The minimum Gasteiger partial charge on any atom is -0.452 e. The predicted molar refractivity (Wildman–Crippen MR) is 99.9 cm³/mol. The summed E-state index contributed by atoms with van der Waals surface area (Å²) in [6, 6.07) is 1.40. The fraction of sp³-hybridized carbons (Fsp3) is 0.619. The zero-order valence-electron chi connectivity index (χ0n) is 15.8. The van der Waals surface area contributed by atoms with Crippen molar-refractivity contribution in [3.8, 4) is 0 Å². The molecule has 0 heterocycles. The summed E-state index contributed by atoms with van der Waals surface area (Å²) in [5.41, 5.74) is -0.153. The van der Waals surface area contributed by atoms with Crippen molar-refractivity contribution in [1.82, 2.24) is 5.32 Å². The minimum absolute atomic E-state index is 0.0129. The van der Waals surface area contributed by atoms with E-state index in [1.54, 1.807) is 0 Å². The quantitative estimate of drug-likeness (QED) is 0.573. The molecule has 0 aliphatic heterocycles. The molecule has 4 nitrogen and oxygen atoms in total. The topological polar surface area (TPSA) is 55.4 Å². The molecule has 28 heavy (non-hydrogen) atoms. The van der Waals surface area contributed by atoms with Crippen LogP contribution in [0, 0.1) is 34.8 Å². The summed E-state index contributed by atoms with van der Waals surface area (Å²) in [5.74, 6) is -1.37. The van der Waals surface area contributed by atoms with Crippen LogP contribution >= 0.6 is 11.6 Å². The second kappa shape index (κ2) is 7.29. The number of esters is 1. The average molecular weight is 412 g/mol. The van der Waals surface area contributed by atoms with Gasteiger partial charge in [0.25, 0.3) is 5.91 Å². The number of nitrogens with one attached hydrogen (secondary N) is 1. The highest BCUT2D eigenvalue weighted by molar-refractivity contribution is 6.33. The van der Waals surface area contributed by atoms with Crippen LogP contribution in [-0.2, 0) is 9.53 Å². The summed E-state index contributed by atoms with van der Waals surface area (Å²) in [5, 5.41) is 2.74. The van der Waals surface area contributed by atoms with Crippen LogP contribution in [0.1, 0.15) is 55.8 Å². The largest absolute Gasteiger partial charge is 0.452 e. The normalized spacial score (nSPS) is 31.5. The highest BCUT2D eigenvalue weighted by Crippen LogP contribution is 2.61. The van der Waals surface area contributed by atoms with Crippen LogP contribution in [-0.4, -0.2) is 24.5 Å². The number of hydrogen-bond donors (Lipinski definition) is 1. The Morgan fingerprint density at radius 2 is 1.68 bits per heavy atom. The molecular weight excluding hydrogens is 388 g/mol. The Morgan fingerprint density at radius 3 is 2.25 bits per heavy atom. The first-order valence-corrected chi connectivity index (χ1v) is 10.2. The van der Waals surface area contributed by atoms with E-state index in [1.165, 1.54) is 19.3 Å². The number of halogens is 3. The van der Waals surface area contributed by atoms with Gasteiger partial charge in [0.2, 0.25) is 0 Å². The smallest absolute Gasteiger partial charge is 0.340 e. The van der Waals surface area contributed by atoms with Crippen molar-refractivity contribution >= 4 is 23.5 Å². The fourth-order valence-electron chi connectivity index (χ4n) is 6.03. The van der Waals surface area contributed by atoms with Gasteiger partial charge < -0.3 is 10.1 Å². The summed E-state index contributed by atoms with van der Waals surface area (Å²) >= 11 is 5.76. The van der Waals surface area contributed by atoms with Crippen molar-refractivity contribution in [1.29, 1.82) is 0 Å². The first-order chi connectivity index (χ1) is 13.3. The number of amides is 1. The molecule has 7 heteroatoms. The lowest BCUT2D eigenvalue weighted by molar-refractivity contribution is -0.128. The van der Waals surface area contributed by atoms with Gasteiger partial charge in [-0.1, -0.05) is 11.6 Å². The van der Waals surface area contributed by atoms with Gasteiger partial charge in [-0.2, -0.15) is 0 Å². The van der Waals surface area contributed by atoms with Gasteiger partial charge in [-0.3, -0.25) is 4.79 Å². The molecule has 5 rings (SSSR count). The number of carbonyl (C=O) groups is 2. The lowest BCUT2D eigenvalue weighted by atomic mass is 9.48. The van der Waals surface area contributed by atoms with E-state index >= 15 is 0 Å².